The number of aliphatic imine (C=N–C) groups is 1. The summed E-state index contributed by atoms with van der Waals surface area (Å²) < 4.78 is 16.5. The first kappa shape index (κ1) is 20.9. The maximum Gasteiger partial charge on any atom is 0.258 e. The van der Waals surface area contributed by atoms with Gasteiger partial charge in [0, 0.05) is 6.21 Å². The summed E-state index contributed by atoms with van der Waals surface area (Å²) >= 11 is 0. The lowest BCUT2D eigenvalue weighted by molar-refractivity contribution is -0.123. The smallest absolute Gasteiger partial charge is 0.258 e. The molecule has 1 amide bonds. The van der Waals surface area contributed by atoms with Crippen molar-refractivity contribution in [1.29, 1.82) is 0 Å². The molecule has 0 bridgehead atoms. The first-order chi connectivity index (χ1) is 15.7. The third kappa shape index (κ3) is 6.34. The number of hydrogen-bond acceptors (Lipinski definition) is 5. The molecule has 0 fully saturated rings. The highest BCUT2D eigenvalue weighted by molar-refractivity contribution is 5.82. The van der Waals surface area contributed by atoms with E-state index in [0.29, 0.717) is 18.1 Å². The van der Waals surface area contributed by atoms with Crippen molar-refractivity contribution in [3.8, 4) is 17.2 Å². The van der Waals surface area contributed by atoms with Crippen molar-refractivity contribution in [3.63, 3.8) is 0 Å². The number of nitrogens with one attached hydrogen (secondary N) is 1. The minimum absolute atomic E-state index is 0.0639. The standard InChI is InChI=1S/C26H22N2O4/c29-26(28-18-25-7-4-16-30-25)19-31-22-12-8-20(9-13-22)17-27-21-10-14-24(15-11-21)32-23-5-2-1-3-6-23/h1-17H,18-19H2,(H,28,29). The Morgan fingerprint density at radius 3 is 2.28 bits per heavy atom. The van der Waals surface area contributed by atoms with Crippen LogP contribution in [-0.2, 0) is 11.3 Å². The van der Waals surface area contributed by atoms with Gasteiger partial charge in [-0.1, -0.05) is 18.2 Å². The van der Waals surface area contributed by atoms with Gasteiger partial charge in [-0.15, -0.1) is 0 Å². The summed E-state index contributed by atoms with van der Waals surface area (Å²) in [5, 5.41) is 2.73. The number of rotatable bonds is 9. The van der Waals surface area contributed by atoms with Crippen molar-refractivity contribution in [2.24, 2.45) is 4.99 Å². The van der Waals surface area contributed by atoms with Crippen LogP contribution in [0, 0.1) is 0 Å². The van der Waals surface area contributed by atoms with Crippen LogP contribution in [0.25, 0.3) is 0 Å². The van der Waals surface area contributed by atoms with Gasteiger partial charge >= 0.3 is 0 Å². The summed E-state index contributed by atoms with van der Waals surface area (Å²) in [6, 6.07) is 28.1. The van der Waals surface area contributed by atoms with Gasteiger partial charge in [-0.2, -0.15) is 0 Å². The Balaban J connectivity index is 1.24. The van der Waals surface area contributed by atoms with E-state index in [0.717, 1.165) is 22.7 Å². The molecule has 6 heteroatoms. The Kier molecular flexibility index (Phi) is 6.95. The van der Waals surface area contributed by atoms with Gasteiger partial charge in [0.1, 0.15) is 23.0 Å². The Bertz CT molecular complexity index is 1140. The molecule has 0 saturated carbocycles. The third-order valence-corrected chi connectivity index (χ3v) is 4.47. The lowest BCUT2D eigenvalue weighted by Gasteiger charge is -2.07. The first-order valence-electron chi connectivity index (χ1n) is 10.1. The molecular weight excluding hydrogens is 404 g/mol. The van der Waals surface area contributed by atoms with Crippen LogP contribution >= 0.6 is 0 Å². The van der Waals surface area contributed by atoms with Crippen molar-refractivity contribution in [2.45, 2.75) is 6.54 Å². The predicted octanol–water partition coefficient (Wildman–Crippen LogP) is 5.52. The van der Waals surface area contributed by atoms with E-state index in [9.17, 15) is 4.79 Å². The Morgan fingerprint density at radius 2 is 1.56 bits per heavy atom. The molecule has 0 saturated heterocycles. The summed E-state index contributed by atoms with van der Waals surface area (Å²) in [6.07, 6.45) is 3.34. The minimum atomic E-state index is -0.216. The number of nitrogens with zero attached hydrogens (tertiary/aromatic N) is 1. The maximum absolute atomic E-state index is 11.9. The molecule has 0 aliphatic heterocycles. The van der Waals surface area contributed by atoms with Gasteiger partial charge < -0.3 is 19.2 Å². The van der Waals surface area contributed by atoms with Gasteiger partial charge in [0.05, 0.1) is 18.5 Å². The third-order valence-electron chi connectivity index (χ3n) is 4.47. The molecule has 0 aliphatic rings. The molecular formula is C26H22N2O4. The largest absolute Gasteiger partial charge is 0.484 e. The molecule has 1 N–H and O–H groups in total. The lowest BCUT2D eigenvalue weighted by Crippen LogP contribution is -2.28. The average molecular weight is 426 g/mol. The van der Waals surface area contributed by atoms with E-state index < -0.39 is 0 Å². The van der Waals surface area contributed by atoms with E-state index in [1.165, 1.54) is 0 Å². The number of ether oxygens (including phenoxy) is 2. The van der Waals surface area contributed by atoms with Gasteiger partial charge in [-0.3, -0.25) is 9.79 Å². The normalized spacial score (nSPS) is 10.8. The zero-order chi connectivity index (χ0) is 22.0. The summed E-state index contributed by atoms with van der Waals surface area (Å²) in [5.41, 5.74) is 1.74. The van der Waals surface area contributed by atoms with Crippen LogP contribution in [0.3, 0.4) is 0 Å². The number of carbonyl (C=O) groups excluding carboxylic acids is 1. The number of carbonyl (C=O) groups is 1. The van der Waals surface area contributed by atoms with E-state index >= 15 is 0 Å². The molecule has 4 rings (SSSR count). The second-order valence-corrected chi connectivity index (χ2v) is 6.88. The quantitative estimate of drug-likeness (QED) is 0.358. The number of furan rings is 1. The zero-order valence-corrected chi connectivity index (χ0v) is 17.3. The van der Waals surface area contributed by atoms with Crippen LogP contribution in [-0.4, -0.2) is 18.7 Å². The van der Waals surface area contributed by atoms with Crippen LogP contribution in [0.2, 0.25) is 0 Å². The molecule has 0 aliphatic carbocycles. The molecule has 4 aromatic rings. The monoisotopic (exact) mass is 426 g/mol. The predicted molar refractivity (Wildman–Crippen MR) is 123 cm³/mol. The second kappa shape index (κ2) is 10.6. The molecule has 0 atom stereocenters. The van der Waals surface area contributed by atoms with Gasteiger partial charge in [0.15, 0.2) is 6.61 Å². The fourth-order valence-electron chi connectivity index (χ4n) is 2.82. The maximum atomic E-state index is 11.9. The molecule has 0 unspecified atom stereocenters. The van der Waals surface area contributed by atoms with Gasteiger partial charge in [-0.05, 0) is 78.4 Å². The van der Waals surface area contributed by atoms with Crippen molar-refractivity contribution in [3.05, 3.63) is 109 Å². The fraction of sp³-hybridized carbons (Fsp3) is 0.0769. The van der Waals surface area contributed by atoms with E-state index in [-0.39, 0.29) is 12.5 Å². The number of para-hydroxylation sites is 1. The van der Waals surface area contributed by atoms with Crippen LogP contribution in [0.15, 0.2) is 107 Å². The van der Waals surface area contributed by atoms with Gasteiger partial charge in [0.2, 0.25) is 0 Å². The Morgan fingerprint density at radius 1 is 0.844 bits per heavy atom. The van der Waals surface area contributed by atoms with Crippen molar-refractivity contribution >= 4 is 17.8 Å². The average Bonchev–Trinajstić information content (AvgIpc) is 3.36. The SMILES string of the molecule is O=C(COc1ccc(C=Nc2ccc(Oc3ccccc3)cc2)cc1)NCc1ccco1. The molecule has 0 spiro atoms. The number of hydrogen-bond donors (Lipinski definition) is 1. The van der Waals surface area contributed by atoms with Gasteiger partial charge in [-0.25, -0.2) is 0 Å². The Labute approximate surface area is 186 Å². The number of benzene rings is 3. The molecule has 3 aromatic carbocycles. The van der Waals surface area contributed by atoms with Crippen molar-refractivity contribution in [1.82, 2.24) is 5.32 Å². The first-order valence-corrected chi connectivity index (χ1v) is 10.1. The summed E-state index contributed by atoms with van der Waals surface area (Å²) in [6.45, 7) is 0.273. The van der Waals surface area contributed by atoms with E-state index in [1.807, 2.05) is 66.7 Å². The lowest BCUT2D eigenvalue weighted by atomic mass is 10.2. The van der Waals surface area contributed by atoms with E-state index in [2.05, 4.69) is 10.3 Å². The molecule has 0 radical (unpaired) electrons. The number of amides is 1. The highest BCUT2D eigenvalue weighted by Crippen LogP contribution is 2.23. The molecule has 1 aromatic heterocycles. The van der Waals surface area contributed by atoms with Crippen molar-refractivity contribution in [2.75, 3.05) is 6.61 Å². The van der Waals surface area contributed by atoms with Crippen molar-refractivity contribution < 1.29 is 18.7 Å². The van der Waals surface area contributed by atoms with Crippen LogP contribution < -0.4 is 14.8 Å². The summed E-state index contributed by atoms with van der Waals surface area (Å²) in [4.78, 5) is 16.3. The molecule has 160 valence electrons. The summed E-state index contributed by atoms with van der Waals surface area (Å²) in [5.74, 6) is 2.63. The molecule has 1 heterocycles. The highest BCUT2D eigenvalue weighted by Gasteiger charge is 2.04. The summed E-state index contributed by atoms with van der Waals surface area (Å²) in [7, 11) is 0. The zero-order valence-electron chi connectivity index (χ0n) is 17.3. The van der Waals surface area contributed by atoms with Crippen LogP contribution in [0.5, 0.6) is 17.2 Å². The van der Waals surface area contributed by atoms with Crippen LogP contribution in [0.4, 0.5) is 5.69 Å². The Hall–Kier alpha value is -4.32. The van der Waals surface area contributed by atoms with E-state index in [4.69, 9.17) is 13.9 Å². The van der Waals surface area contributed by atoms with E-state index in [1.54, 1.807) is 36.7 Å². The minimum Gasteiger partial charge on any atom is -0.484 e. The topological polar surface area (TPSA) is 73.1 Å². The molecule has 32 heavy (non-hydrogen) atoms. The highest BCUT2D eigenvalue weighted by atomic mass is 16.5. The molecule has 6 nitrogen and oxygen atoms in total. The fourth-order valence-corrected chi connectivity index (χ4v) is 2.82. The van der Waals surface area contributed by atoms with Gasteiger partial charge in [0.25, 0.3) is 5.91 Å². The van der Waals surface area contributed by atoms with Crippen LogP contribution in [0.1, 0.15) is 11.3 Å². The second-order valence-electron chi connectivity index (χ2n) is 6.88.